The van der Waals surface area contributed by atoms with Crippen LogP contribution in [0.5, 0.6) is 0 Å². The largest absolute Gasteiger partial charge is 0.295 e. The van der Waals surface area contributed by atoms with E-state index in [-0.39, 0.29) is 0 Å². The summed E-state index contributed by atoms with van der Waals surface area (Å²) in [7, 11) is 0. The molecule has 2 heteroatoms. The van der Waals surface area contributed by atoms with Crippen LogP contribution in [0.1, 0.15) is 41.0 Å². The van der Waals surface area contributed by atoms with Gasteiger partial charge in [0.2, 0.25) is 0 Å². The zero-order valence-electron chi connectivity index (χ0n) is 10.2. The SMILES string of the molecule is CC(C)N1CC2CC1CN2C(C)(C)C. The normalized spacial score (nSPS) is 34.7. The lowest BCUT2D eigenvalue weighted by atomic mass is 10.0. The van der Waals surface area contributed by atoms with Crippen LogP contribution in [0.25, 0.3) is 0 Å². The van der Waals surface area contributed by atoms with E-state index in [1.54, 1.807) is 0 Å². The van der Waals surface area contributed by atoms with Crippen molar-refractivity contribution in [3.63, 3.8) is 0 Å². The highest BCUT2D eigenvalue weighted by Gasteiger charge is 2.47. The first-order valence-electron chi connectivity index (χ1n) is 5.92. The van der Waals surface area contributed by atoms with Gasteiger partial charge in [-0.2, -0.15) is 0 Å². The molecule has 2 saturated heterocycles. The Bertz CT molecular complexity index is 217. The zero-order valence-corrected chi connectivity index (χ0v) is 10.2. The van der Waals surface area contributed by atoms with Crippen molar-refractivity contribution in [2.45, 2.75) is 64.7 Å². The van der Waals surface area contributed by atoms with Gasteiger partial charge < -0.3 is 0 Å². The molecule has 0 aliphatic carbocycles. The average Bonchev–Trinajstić information content (AvgIpc) is 2.58. The fourth-order valence-electron chi connectivity index (χ4n) is 3.15. The Morgan fingerprint density at radius 2 is 1.71 bits per heavy atom. The molecule has 2 nitrogen and oxygen atoms in total. The molecule has 0 N–H and O–H groups in total. The Balaban J connectivity index is 2.03. The highest BCUT2D eigenvalue weighted by Crippen LogP contribution is 2.36. The molecule has 14 heavy (non-hydrogen) atoms. The topological polar surface area (TPSA) is 6.48 Å². The van der Waals surface area contributed by atoms with Crippen molar-refractivity contribution in [1.82, 2.24) is 9.80 Å². The highest BCUT2D eigenvalue weighted by molar-refractivity contribution is 5.03. The molecule has 2 bridgehead atoms. The van der Waals surface area contributed by atoms with Gasteiger partial charge in [0.05, 0.1) is 0 Å². The Morgan fingerprint density at radius 3 is 2.07 bits per heavy atom. The summed E-state index contributed by atoms with van der Waals surface area (Å²) in [4.78, 5) is 5.36. The number of rotatable bonds is 1. The van der Waals surface area contributed by atoms with E-state index in [0.29, 0.717) is 5.54 Å². The summed E-state index contributed by atoms with van der Waals surface area (Å²) >= 11 is 0. The number of piperazine rings is 1. The quantitative estimate of drug-likeness (QED) is 0.632. The molecule has 0 aromatic carbocycles. The van der Waals surface area contributed by atoms with Gasteiger partial charge in [-0.25, -0.2) is 0 Å². The van der Waals surface area contributed by atoms with Crippen LogP contribution < -0.4 is 0 Å². The minimum Gasteiger partial charge on any atom is -0.295 e. The summed E-state index contributed by atoms with van der Waals surface area (Å²) in [5, 5.41) is 0. The van der Waals surface area contributed by atoms with E-state index >= 15 is 0 Å². The van der Waals surface area contributed by atoms with Crippen molar-refractivity contribution in [3.8, 4) is 0 Å². The number of likely N-dealkylation sites (tertiary alicyclic amines) is 2. The van der Waals surface area contributed by atoms with E-state index in [4.69, 9.17) is 0 Å². The number of fused-ring (bicyclic) bond motifs is 2. The predicted molar refractivity (Wildman–Crippen MR) is 60.5 cm³/mol. The second-order valence-electron chi connectivity index (χ2n) is 6.16. The van der Waals surface area contributed by atoms with Crippen LogP contribution in [0.4, 0.5) is 0 Å². The van der Waals surface area contributed by atoms with E-state index < -0.39 is 0 Å². The van der Waals surface area contributed by atoms with Crippen LogP contribution in [-0.4, -0.2) is 46.6 Å². The molecule has 2 fully saturated rings. The maximum Gasteiger partial charge on any atom is 0.0244 e. The van der Waals surface area contributed by atoms with Crippen molar-refractivity contribution >= 4 is 0 Å². The van der Waals surface area contributed by atoms with Crippen molar-refractivity contribution in [2.24, 2.45) is 0 Å². The zero-order chi connectivity index (χ0) is 10.5. The molecule has 2 atom stereocenters. The Morgan fingerprint density at radius 1 is 1.07 bits per heavy atom. The monoisotopic (exact) mass is 196 g/mol. The summed E-state index contributed by atoms with van der Waals surface area (Å²) in [5.74, 6) is 0. The maximum absolute atomic E-state index is 2.69. The third-order valence-electron chi connectivity index (χ3n) is 3.81. The van der Waals surface area contributed by atoms with Gasteiger partial charge in [0.25, 0.3) is 0 Å². The van der Waals surface area contributed by atoms with Gasteiger partial charge in [0, 0.05) is 36.8 Å². The van der Waals surface area contributed by atoms with E-state index in [9.17, 15) is 0 Å². The Hall–Kier alpha value is -0.0800. The molecule has 0 saturated carbocycles. The van der Waals surface area contributed by atoms with Crippen molar-refractivity contribution in [2.75, 3.05) is 13.1 Å². The number of nitrogens with zero attached hydrogens (tertiary/aromatic N) is 2. The lowest BCUT2D eigenvalue weighted by Gasteiger charge is -2.43. The minimum atomic E-state index is 0.364. The molecule has 82 valence electrons. The maximum atomic E-state index is 2.69. The molecule has 2 unspecified atom stereocenters. The highest BCUT2D eigenvalue weighted by atomic mass is 15.4. The van der Waals surface area contributed by atoms with Gasteiger partial charge in [-0.05, 0) is 41.0 Å². The fourth-order valence-corrected chi connectivity index (χ4v) is 3.15. The second-order valence-corrected chi connectivity index (χ2v) is 6.16. The summed E-state index contributed by atoms with van der Waals surface area (Å²) < 4.78 is 0. The van der Waals surface area contributed by atoms with Gasteiger partial charge in [0.15, 0.2) is 0 Å². The summed E-state index contributed by atoms with van der Waals surface area (Å²) in [6, 6.07) is 2.38. The molecular formula is C12H24N2. The van der Waals surface area contributed by atoms with Gasteiger partial charge in [-0.1, -0.05) is 0 Å². The van der Waals surface area contributed by atoms with E-state index in [1.165, 1.54) is 19.5 Å². The minimum absolute atomic E-state index is 0.364. The second kappa shape index (κ2) is 3.21. The van der Waals surface area contributed by atoms with Gasteiger partial charge in [-0.15, -0.1) is 0 Å². The number of hydrogen-bond donors (Lipinski definition) is 0. The number of hydrogen-bond acceptors (Lipinski definition) is 2. The molecule has 0 radical (unpaired) electrons. The van der Waals surface area contributed by atoms with Crippen molar-refractivity contribution in [3.05, 3.63) is 0 Å². The molecule has 2 aliphatic rings. The van der Waals surface area contributed by atoms with Gasteiger partial charge in [0.1, 0.15) is 0 Å². The molecule has 0 aromatic rings. The first-order chi connectivity index (χ1) is 6.39. The molecule has 2 rings (SSSR count). The van der Waals surface area contributed by atoms with Crippen LogP contribution in [0.3, 0.4) is 0 Å². The van der Waals surface area contributed by atoms with E-state index in [0.717, 1.165) is 18.1 Å². The van der Waals surface area contributed by atoms with Crippen molar-refractivity contribution in [1.29, 1.82) is 0 Å². The Kier molecular flexibility index (Phi) is 2.39. The molecule has 0 aromatic heterocycles. The molecule has 2 aliphatic heterocycles. The van der Waals surface area contributed by atoms with Crippen LogP contribution >= 0.6 is 0 Å². The van der Waals surface area contributed by atoms with Crippen molar-refractivity contribution < 1.29 is 0 Å². The molecular weight excluding hydrogens is 172 g/mol. The first-order valence-corrected chi connectivity index (χ1v) is 5.92. The first kappa shape index (κ1) is 10.4. The molecule has 2 heterocycles. The van der Waals surface area contributed by atoms with Crippen LogP contribution in [-0.2, 0) is 0 Å². The van der Waals surface area contributed by atoms with Crippen LogP contribution in [0.2, 0.25) is 0 Å². The summed E-state index contributed by atoms with van der Waals surface area (Å²) in [5.41, 5.74) is 0.364. The molecule has 0 amide bonds. The Labute approximate surface area is 88.3 Å². The lowest BCUT2D eigenvalue weighted by Crippen LogP contribution is -2.54. The predicted octanol–water partition coefficient (Wildman–Crippen LogP) is 1.95. The van der Waals surface area contributed by atoms with E-state index in [2.05, 4.69) is 44.4 Å². The standard InChI is InChI=1S/C12H24N2/c1-9(2)13-7-11-6-10(13)8-14(11)12(3,4)5/h9-11H,6-8H2,1-5H3. The third kappa shape index (κ3) is 1.59. The van der Waals surface area contributed by atoms with Crippen LogP contribution in [0, 0.1) is 0 Å². The fraction of sp³-hybridized carbons (Fsp3) is 1.00. The van der Waals surface area contributed by atoms with Gasteiger partial charge >= 0.3 is 0 Å². The van der Waals surface area contributed by atoms with Gasteiger partial charge in [-0.3, -0.25) is 9.80 Å². The smallest absolute Gasteiger partial charge is 0.0244 e. The van der Waals surface area contributed by atoms with Crippen LogP contribution in [0.15, 0.2) is 0 Å². The van der Waals surface area contributed by atoms with E-state index in [1.807, 2.05) is 0 Å². The summed E-state index contributed by atoms with van der Waals surface area (Å²) in [6.45, 7) is 14.2. The third-order valence-corrected chi connectivity index (χ3v) is 3.81. The lowest BCUT2D eigenvalue weighted by molar-refractivity contribution is 0.0451. The summed E-state index contributed by atoms with van der Waals surface area (Å²) in [6.07, 6.45) is 1.40. The average molecular weight is 196 g/mol. The molecule has 0 spiro atoms.